The highest BCUT2D eigenvalue weighted by atomic mass is 32.2. The zero-order valence-electron chi connectivity index (χ0n) is 19.0. The van der Waals surface area contributed by atoms with Crippen LogP contribution in [0.15, 0.2) is 46.6 Å². The van der Waals surface area contributed by atoms with Gasteiger partial charge in [-0.3, -0.25) is 9.78 Å². The number of carbonyl (C=O) groups excluding carboxylic acids is 1. The lowest BCUT2D eigenvalue weighted by Crippen LogP contribution is -2.53. The van der Waals surface area contributed by atoms with Gasteiger partial charge < -0.3 is 15.1 Å². The first-order valence-corrected chi connectivity index (χ1v) is 11.9. The molecule has 182 valence electrons. The van der Waals surface area contributed by atoms with E-state index >= 15 is 0 Å². The van der Waals surface area contributed by atoms with E-state index in [4.69, 9.17) is 0 Å². The predicted molar refractivity (Wildman–Crippen MR) is 125 cm³/mol. The second-order valence-electron chi connectivity index (χ2n) is 8.38. The second-order valence-corrected chi connectivity index (χ2v) is 9.48. The molecule has 3 aromatic rings. The van der Waals surface area contributed by atoms with Crippen LogP contribution < -0.4 is 15.1 Å². The number of likely N-dealkylation sites (N-methyl/N-ethyl adjacent to an activating group) is 1. The number of aryl methyl sites for hydroxylation is 1. The Hall–Kier alpha value is -3.41. The van der Waals surface area contributed by atoms with E-state index in [-0.39, 0.29) is 11.9 Å². The lowest BCUT2D eigenvalue weighted by atomic mass is 10.0. The monoisotopic (exact) mass is 501 g/mol. The van der Waals surface area contributed by atoms with Crippen LogP contribution in [-0.4, -0.2) is 45.5 Å². The summed E-state index contributed by atoms with van der Waals surface area (Å²) >= 11 is 1.23. The van der Waals surface area contributed by atoms with Crippen LogP contribution in [0.2, 0.25) is 0 Å². The highest BCUT2D eigenvalue weighted by Crippen LogP contribution is 2.39. The quantitative estimate of drug-likeness (QED) is 0.558. The minimum absolute atomic E-state index is 0.0707. The van der Waals surface area contributed by atoms with E-state index in [1.165, 1.54) is 24.0 Å². The number of rotatable bonds is 5. The molecular weight excluding hydrogens is 479 g/mol. The van der Waals surface area contributed by atoms with E-state index in [9.17, 15) is 18.0 Å². The lowest BCUT2D eigenvalue weighted by Gasteiger charge is -2.41. The number of hydrogen-bond acceptors (Lipinski definition) is 8. The van der Waals surface area contributed by atoms with Crippen molar-refractivity contribution in [1.82, 2.24) is 19.9 Å². The molecule has 35 heavy (non-hydrogen) atoms. The van der Waals surface area contributed by atoms with Crippen molar-refractivity contribution in [3.05, 3.63) is 53.6 Å². The van der Waals surface area contributed by atoms with Gasteiger partial charge in [-0.05, 0) is 43.5 Å². The van der Waals surface area contributed by atoms with Gasteiger partial charge in [0.05, 0.1) is 5.69 Å². The molecule has 0 aliphatic carbocycles. The van der Waals surface area contributed by atoms with Crippen molar-refractivity contribution in [1.29, 1.82) is 0 Å². The number of nitrogens with one attached hydrogen (secondary N) is 1. The Bertz CT molecular complexity index is 1250. The summed E-state index contributed by atoms with van der Waals surface area (Å²) in [7, 11) is 1.87. The summed E-state index contributed by atoms with van der Waals surface area (Å²) in [4.78, 5) is 34.1. The Labute approximate surface area is 204 Å². The van der Waals surface area contributed by atoms with Gasteiger partial charge in [-0.15, -0.1) is 0 Å². The van der Waals surface area contributed by atoms with E-state index in [1.807, 2.05) is 24.9 Å². The SMILES string of the molecule is CC1C(=O)N2CCCc3nc(NCc4ccc(Sc5ccc(C(F)(F)F)nc5)nc4)nc(c32)N1C. The van der Waals surface area contributed by atoms with Crippen LogP contribution in [-0.2, 0) is 23.9 Å². The van der Waals surface area contributed by atoms with Crippen molar-refractivity contribution in [3.8, 4) is 0 Å². The molecule has 1 atom stereocenters. The highest BCUT2D eigenvalue weighted by Gasteiger charge is 2.38. The molecule has 0 radical (unpaired) electrons. The maximum atomic E-state index is 12.7. The normalized spacial score (nSPS) is 17.4. The number of pyridine rings is 2. The van der Waals surface area contributed by atoms with Gasteiger partial charge in [0.2, 0.25) is 11.9 Å². The lowest BCUT2D eigenvalue weighted by molar-refractivity contribution is -0.141. The molecule has 0 fully saturated rings. The molecule has 3 aromatic heterocycles. The van der Waals surface area contributed by atoms with Crippen molar-refractivity contribution < 1.29 is 18.0 Å². The fraction of sp³-hybridized carbons (Fsp3) is 0.348. The number of aromatic nitrogens is 4. The standard InChI is InChI=1S/C23H22F3N7OS/c1-13-21(34)33-9-3-4-16-19(33)20(32(13)2)31-22(30-16)29-11-14-5-8-18(28-10-14)35-15-6-7-17(27-12-15)23(24,25)26/h5-8,10,12-13H,3-4,9,11H2,1-2H3,(H,29,30,31). The van der Waals surface area contributed by atoms with Gasteiger partial charge in [-0.2, -0.15) is 18.2 Å². The third-order valence-corrected chi connectivity index (χ3v) is 6.97. The molecule has 2 aliphatic rings. The Balaban J connectivity index is 1.26. The maximum absolute atomic E-state index is 12.7. The molecule has 8 nitrogen and oxygen atoms in total. The van der Waals surface area contributed by atoms with Crippen LogP contribution in [0.25, 0.3) is 0 Å². The molecule has 0 aromatic carbocycles. The van der Waals surface area contributed by atoms with Crippen LogP contribution in [0.1, 0.15) is 30.3 Å². The van der Waals surface area contributed by atoms with Crippen LogP contribution in [0.4, 0.5) is 30.6 Å². The number of carbonyl (C=O) groups is 1. The average molecular weight is 502 g/mol. The van der Waals surface area contributed by atoms with Crippen LogP contribution in [0, 0.1) is 0 Å². The number of anilines is 3. The summed E-state index contributed by atoms with van der Waals surface area (Å²) in [5.41, 5.74) is 1.65. The van der Waals surface area contributed by atoms with Crippen LogP contribution in [0.3, 0.4) is 0 Å². The zero-order chi connectivity index (χ0) is 24.7. The number of alkyl halides is 3. The minimum atomic E-state index is -4.46. The molecule has 0 bridgehead atoms. The Morgan fingerprint density at radius 1 is 1.14 bits per heavy atom. The van der Waals surface area contributed by atoms with Crippen LogP contribution in [0.5, 0.6) is 0 Å². The second kappa shape index (κ2) is 8.99. The summed E-state index contributed by atoms with van der Waals surface area (Å²) in [5, 5.41) is 3.89. The van der Waals surface area contributed by atoms with Crippen molar-refractivity contribution >= 4 is 35.1 Å². The molecule has 5 rings (SSSR count). The summed E-state index contributed by atoms with van der Waals surface area (Å²) in [6.07, 6.45) is 0.0847. The molecule has 2 aliphatic heterocycles. The van der Waals surface area contributed by atoms with Gasteiger partial charge in [-0.25, -0.2) is 9.97 Å². The average Bonchev–Trinajstić information content (AvgIpc) is 2.85. The first-order chi connectivity index (χ1) is 16.7. The fourth-order valence-corrected chi connectivity index (χ4v) is 4.79. The first-order valence-electron chi connectivity index (χ1n) is 11.1. The van der Waals surface area contributed by atoms with Gasteiger partial charge in [0.25, 0.3) is 0 Å². The maximum Gasteiger partial charge on any atom is 0.433 e. The van der Waals surface area contributed by atoms with E-state index in [0.29, 0.717) is 29.0 Å². The third-order valence-electron chi connectivity index (χ3n) is 6.04. The van der Waals surface area contributed by atoms with Crippen LogP contribution >= 0.6 is 11.8 Å². The van der Waals surface area contributed by atoms with Crippen molar-refractivity contribution in [2.24, 2.45) is 0 Å². The van der Waals surface area contributed by atoms with Gasteiger partial charge >= 0.3 is 6.18 Å². The molecule has 5 heterocycles. The Morgan fingerprint density at radius 3 is 2.66 bits per heavy atom. The molecule has 1 unspecified atom stereocenters. The number of amides is 1. The zero-order valence-corrected chi connectivity index (χ0v) is 19.8. The predicted octanol–water partition coefficient (Wildman–Crippen LogP) is 4.17. The number of nitrogens with zero attached hydrogens (tertiary/aromatic N) is 6. The number of halogens is 3. The third kappa shape index (κ3) is 4.62. The molecule has 12 heteroatoms. The summed E-state index contributed by atoms with van der Waals surface area (Å²) in [6, 6.07) is 5.74. The Morgan fingerprint density at radius 2 is 1.97 bits per heavy atom. The molecule has 0 spiro atoms. The van der Waals surface area contributed by atoms with Crippen molar-refractivity contribution in [2.75, 3.05) is 28.7 Å². The van der Waals surface area contributed by atoms with E-state index in [0.717, 1.165) is 41.7 Å². The summed E-state index contributed by atoms with van der Waals surface area (Å²) in [6.45, 7) is 3.01. The van der Waals surface area contributed by atoms with E-state index in [2.05, 4.69) is 25.3 Å². The molecule has 0 saturated heterocycles. The molecule has 1 amide bonds. The smallest absolute Gasteiger partial charge is 0.350 e. The van der Waals surface area contributed by atoms with Gasteiger partial charge in [0.15, 0.2) is 5.82 Å². The summed E-state index contributed by atoms with van der Waals surface area (Å²) in [5.74, 6) is 1.31. The van der Waals surface area contributed by atoms with E-state index < -0.39 is 11.9 Å². The fourth-order valence-electron chi connectivity index (χ4n) is 4.06. The van der Waals surface area contributed by atoms with Gasteiger partial charge in [0.1, 0.15) is 22.4 Å². The molecule has 0 saturated carbocycles. The first kappa shape index (κ1) is 23.3. The Kier molecular flexibility index (Phi) is 5.99. The minimum Gasteiger partial charge on any atom is -0.350 e. The van der Waals surface area contributed by atoms with Crippen molar-refractivity contribution in [3.63, 3.8) is 0 Å². The van der Waals surface area contributed by atoms with Crippen molar-refractivity contribution in [2.45, 2.75) is 48.4 Å². The van der Waals surface area contributed by atoms with Gasteiger partial charge in [-0.1, -0.05) is 17.8 Å². The highest BCUT2D eigenvalue weighted by molar-refractivity contribution is 7.99. The number of hydrogen-bond donors (Lipinski definition) is 1. The molecule has 1 N–H and O–H groups in total. The molecular formula is C23H22F3N7OS. The largest absolute Gasteiger partial charge is 0.433 e. The summed E-state index contributed by atoms with van der Waals surface area (Å²) < 4.78 is 38.0. The van der Waals surface area contributed by atoms with E-state index in [1.54, 1.807) is 17.2 Å². The van der Waals surface area contributed by atoms with Gasteiger partial charge in [0, 0.05) is 37.4 Å². The topological polar surface area (TPSA) is 87.1 Å².